The molecule has 2 aromatic rings. The minimum atomic E-state index is -3.63. The smallest absolute Gasteiger partial charge is 0.263 e. The first kappa shape index (κ1) is 15.3. The van der Waals surface area contributed by atoms with Crippen LogP contribution in [0.1, 0.15) is 12.6 Å². The molecular formula is C13H18N4O3S. The molecule has 0 atom stereocenters. The maximum atomic E-state index is 12.2. The molecule has 0 saturated heterocycles. The van der Waals surface area contributed by atoms with Crippen molar-refractivity contribution in [3.8, 4) is 5.88 Å². The summed E-state index contributed by atoms with van der Waals surface area (Å²) in [5, 5.41) is 3.12. The number of aromatic nitrogens is 2. The first-order valence-corrected chi connectivity index (χ1v) is 7.94. The lowest BCUT2D eigenvalue weighted by Gasteiger charge is -2.06. The number of rotatable bonds is 7. The topological polar surface area (TPSA) is 96.1 Å². The normalized spacial score (nSPS) is 11.3. The first-order chi connectivity index (χ1) is 10.0. The molecule has 21 heavy (non-hydrogen) atoms. The summed E-state index contributed by atoms with van der Waals surface area (Å²) in [4.78, 5) is 7.07. The summed E-state index contributed by atoms with van der Waals surface area (Å²) in [6, 6.07) is 4.78. The highest BCUT2D eigenvalue weighted by Gasteiger charge is 2.16. The zero-order valence-corrected chi connectivity index (χ0v) is 12.7. The van der Waals surface area contributed by atoms with Gasteiger partial charge in [0.2, 0.25) is 5.88 Å². The molecule has 2 aromatic heterocycles. The maximum Gasteiger partial charge on any atom is 0.263 e. The molecule has 0 amide bonds. The van der Waals surface area contributed by atoms with E-state index in [1.54, 1.807) is 18.2 Å². The highest BCUT2D eigenvalue weighted by molar-refractivity contribution is 7.92. The molecule has 3 N–H and O–H groups in total. The first-order valence-electron chi connectivity index (χ1n) is 6.46. The van der Waals surface area contributed by atoms with E-state index >= 15 is 0 Å². The molecule has 0 radical (unpaired) electrons. The molecule has 114 valence electrons. The van der Waals surface area contributed by atoms with Gasteiger partial charge in [-0.1, -0.05) is 6.92 Å². The van der Waals surface area contributed by atoms with E-state index in [0.717, 1.165) is 12.2 Å². The van der Waals surface area contributed by atoms with Gasteiger partial charge in [0.25, 0.3) is 10.0 Å². The molecular weight excluding hydrogens is 292 g/mol. The number of methoxy groups -OCH3 is 1. The van der Waals surface area contributed by atoms with E-state index in [1.165, 1.54) is 19.5 Å². The zero-order valence-electron chi connectivity index (χ0n) is 11.9. The quantitative estimate of drug-likeness (QED) is 0.717. The fourth-order valence-electron chi connectivity index (χ4n) is 1.71. The van der Waals surface area contributed by atoms with Crippen LogP contribution >= 0.6 is 0 Å². The molecule has 0 aliphatic carbocycles. The molecule has 8 heteroatoms. The van der Waals surface area contributed by atoms with Gasteiger partial charge in [-0.15, -0.1) is 0 Å². The lowest BCUT2D eigenvalue weighted by molar-refractivity contribution is 0.398. The Morgan fingerprint density at radius 3 is 2.81 bits per heavy atom. The Hall–Kier alpha value is -2.06. The Morgan fingerprint density at radius 2 is 2.19 bits per heavy atom. The molecule has 2 heterocycles. The van der Waals surface area contributed by atoms with Gasteiger partial charge in [0.05, 0.1) is 19.0 Å². The summed E-state index contributed by atoms with van der Waals surface area (Å²) < 4.78 is 31.9. The van der Waals surface area contributed by atoms with Gasteiger partial charge in [-0.3, -0.25) is 4.72 Å². The molecule has 0 spiro atoms. The fraction of sp³-hybridized carbons (Fsp3) is 0.308. The van der Waals surface area contributed by atoms with Gasteiger partial charge in [-0.05, 0) is 18.7 Å². The number of anilines is 1. The van der Waals surface area contributed by atoms with E-state index in [2.05, 4.69) is 20.0 Å². The lowest BCUT2D eigenvalue weighted by Crippen LogP contribution is -2.13. The second kappa shape index (κ2) is 6.59. The summed E-state index contributed by atoms with van der Waals surface area (Å²) in [6.07, 6.45) is 2.87. The number of nitrogens with zero attached hydrogens (tertiary/aromatic N) is 1. The summed E-state index contributed by atoms with van der Waals surface area (Å²) in [5.74, 6) is 0.424. The minimum Gasteiger partial charge on any atom is -0.481 e. The monoisotopic (exact) mass is 310 g/mol. The predicted molar refractivity (Wildman–Crippen MR) is 79.8 cm³/mol. The average Bonchev–Trinajstić information content (AvgIpc) is 2.95. The van der Waals surface area contributed by atoms with Gasteiger partial charge < -0.3 is 15.0 Å². The van der Waals surface area contributed by atoms with Crippen LogP contribution in [0.25, 0.3) is 0 Å². The fourth-order valence-corrected chi connectivity index (χ4v) is 2.77. The van der Waals surface area contributed by atoms with E-state index in [0.29, 0.717) is 18.1 Å². The van der Waals surface area contributed by atoms with Gasteiger partial charge >= 0.3 is 0 Å². The molecule has 0 fully saturated rings. The highest BCUT2D eigenvalue weighted by atomic mass is 32.2. The van der Waals surface area contributed by atoms with Crippen molar-refractivity contribution in [3.05, 3.63) is 36.3 Å². The second-order valence-electron chi connectivity index (χ2n) is 4.34. The number of nitrogens with one attached hydrogen (secondary N) is 3. The van der Waals surface area contributed by atoms with Crippen LogP contribution in [0, 0.1) is 0 Å². The Balaban J connectivity index is 2.11. The van der Waals surface area contributed by atoms with E-state index < -0.39 is 10.0 Å². The average molecular weight is 310 g/mol. The largest absolute Gasteiger partial charge is 0.481 e. The van der Waals surface area contributed by atoms with Crippen LogP contribution in [0.15, 0.2) is 35.5 Å². The Kier molecular flexibility index (Phi) is 4.81. The van der Waals surface area contributed by atoms with Crippen molar-refractivity contribution in [1.29, 1.82) is 0 Å². The number of ether oxygens (including phenoxy) is 1. The standard InChI is InChI=1S/C13H18N4O3S/c1-3-14-7-11-6-12(9-15-11)21(18,19)17-10-4-5-13(20-2)16-8-10/h4-6,8-9,14-15,17H,3,7H2,1-2H3. The van der Waals surface area contributed by atoms with Gasteiger partial charge in [0.15, 0.2) is 0 Å². The van der Waals surface area contributed by atoms with Gasteiger partial charge in [-0.2, -0.15) is 0 Å². The van der Waals surface area contributed by atoms with Crippen LogP contribution in [-0.4, -0.2) is 32.0 Å². The molecule has 0 aliphatic heterocycles. The highest BCUT2D eigenvalue weighted by Crippen LogP contribution is 2.17. The minimum absolute atomic E-state index is 0.186. The van der Waals surface area contributed by atoms with Crippen LogP contribution in [0.3, 0.4) is 0 Å². The summed E-state index contributed by atoms with van der Waals surface area (Å²) in [7, 11) is -2.13. The number of hydrogen-bond acceptors (Lipinski definition) is 5. The lowest BCUT2D eigenvalue weighted by atomic mass is 10.4. The van der Waals surface area contributed by atoms with Crippen molar-refractivity contribution in [2.75, 3.05) is 18.4 Å². The number of aromatic amines is 1. The van der Waals surface area contributed by atoms with Crippen molar-refractivity contribution in [1.82, 2.24) is 15.3 Å². The maximum absolute atomic E-state index is 12.2. The Labute approximate surface area is 123 Å². The van der Waals surface area contributed by atoms with Crippen LogP contribution in [0.5, 0.6) is 5.88 Å². The molecule has 0 saturated carbocycles. The number of pyridine rings is 1. The number of sulfonamides is 1. The molecule has 0 unspecified atom stereocenters. The van der Waals surface area contributed by atoms with Crippen molar-refractivity contribution >= 4 is 15.7 Å². The third-order valence-corrected chi connectivity index (χ3v) is 4.15. The van der Waals surface area contributed by atoms with E-state index in [4.69, 9.17) is 4.74 Å². The Bertz CT molecular complexity index is 680. The van der Waals surface area contributed by atoms with Crippen molar-refractivity contribution in [2.24, 2.45) is 0 Å². The van der Waals surface area contributed by atoms with Gasteiger partial charge in [0, 0.05) is 24.5 Å². The number of hydrogen-bond donors (Lipinski definition) is 3. The zero-order chi connectivity index (χ0) is 15.3. The van der Waals surface area contributed by atoms with Gasteiger partial charge in [0.1, 0.15) is 4.90 Å². The predicted octanol–water partition coefficient (Wildman–Crippen LogP) is 1.33. The molecule has 0 bridgehead atoms. The third kappa shape index (κ3) is 3.96. The van der Waals surface area contributed by atoms with Gasteiger partial charge in [-0.25, -0.2) is 13.4 Å². The summed E-state index contributed by atoms with van der Waals surface area (Å²) in [5.41, 5.74) is 1.19. The van der Waals surface area contributed by atoms with Crippen LogP contribution < -0.4 is 14.8 Å². The van der Waals surface area contributed by atoms with Crippen molar-refractivity contribution in [3.63, 3.8) is 0 Å². The van der Waals surface area contributed by atoms with Crippen LogP contribution in [0.2, 0.25) is 0 Å². The molecule has 7 nitrogen and oxygen atoms in total. The summed E-state index contributed by atoms with van der Waals surface area (Å²) in [6.45, 7) is 3.39. The Morgan fingerprint density at radius 1 is 1.38 bits per heavy atom. The molecule has 2 rings (SSSR count). The van der Waals surface area contributed by atoms with Crippen molar-refractivity contribution in [2.45, 2.75) is 18.4 Å². The van der Waals surface area contributed by atoms with E-state index in [-0.39, 0.29) is 4.90 Å². The van der Waals surface area contributed by atoms with Crippen LogP contribution in [0.4, 0.5) is 5.69 Å². The van der Waals surface area contributed by atoms with E-state index in [9.17, 15) is 8.42 Å². The van der Waals surface area contributed by atoms with E-state index in [1.807, 2.05) is 6.92 Å². The third-order valence-electron chi connectivity index (χ3n) is 2.79. The second-order valence-corrected chi connectivity index (χ2v) is 6.02. The molecule has 0 aliphatic rings. The number of H-pyrrole nitrogens is 1. The summed E-state index contributed by atoms with van der Waals surface area (Å²) >= 11 is 0. The van der Waals surface area contributed by atoms with Crippen LogP contribution in [-0.2, 0) is 16.6 Å². The van der Waals surface area contributed by atoms with Crippen molar-refractivity contribution < 1.29 is 13.2 Å². The molecule has 0 aromatic carbocycles. The SMILES string of the molecule is CCNCc1cc(S(=O)(=O)Nc2ccc(OC)nc2)c[nH]1.